The van der Waals surface area contributed by atoms with Crippen LogP contribution in [0.15, 0.2) is 34.2 Å². The number of carboxylic acids is 1. The zero-order valence-electron chi connectivity index (χ0n) is 8.24. The second kappa shape index (κ2) is 5.69. The van der Waals surface area contributed by atoms with Crippen LogP contribution in [-0.4, -0.2) is 23.6 Å². The van der Waals surface area contributed by atoms with E-state index in [2.05, 4.69) is 28.6 Å². The molecule has 0 fully saturated rings. The van der Waals surface area contributed by atoms with Gasteiger partial charge in [-0.1, -0.05) is 12.7 Å². The van der Waals surface area contributed by atoms with Crippen molar-refractivity contribution in [1.29, 1.82) is 0 Å². The molecule has 0 bridgehead atoms. The topological polar surface area (TPSA) is 74.0 Å². The van der Waals surface area contributed by atoms with Gasteiger partial charge in [0.15, 0.2) is 0 Å². The van der Waals surface area contributed by atoms with Crippen LogP contribution in [0.25, 0.3) is 0 Å². The molecule has 0 unspecified atom stereocenters. The number of aliphatic carboxylic acids is 1. The normalized spacial score (nSPS) is 12.1. The van der Waals surface area contributed by atoms with Crippen LogP contribution in [0.5, 0.6) is 0 Å². The van der Waals surface area contributed by atoms with Crippen molar-refractivity contribution in [1.82, 2.24) is 5.32 Å². The van der Waals surface area contributed by atoms with Gasteiger partial charge in [0, 0.05) is 5.70 Å². The van der Waals surface area contributed by atoms with Gasteiger partial charge >= 0.3 is 5.97 Å². The van der Waals surface area contributed by atoms with Crippen LogP contribution in [0.2, 0.25) is 0 Å². The predicted octanol–water partition coefficient (Wildman–Crippen LogP) is 1.15. The number of carboxylic acid groups (broad SMARTS) is 1. The van der Waals surface area contributed by atoms with Crippen molar-refractivity contribution in [3.63, 3.8) is 0 Å². The number of rotatable bonds is 3. The van der Waals surface area contributed by atoms with E-state index in [9.17, 15) is 4.79 Å². The summed E-state index contributed by atoms with van der Waals surface area (Å²) < 4.78 is 0. The fourth-order valence-electron chi connectivity index (χ4n) is 0.606. The Bertz CT molecular complexity index is 316. The van der Waals surface area contributed by atoms with E-state index in [-0.39, 0.29) is 11.7 Å². The summed E-state index contributed by atoms with van der Waals surface area (Å²) in [5, 5.41) is 11.3. The molecule has 0 aromatic rings. The predicted molar refractivity (Wildman–Crippen MR) is 56.3 cm³/mol. The van der Waals surface area contributed by atoms with Gasteiger partial charge in [-0.2, -0.15) is 0 Å². The third kappa shape index (κ3) is 4.20. The van der Waals surface area contributed by atoms with Gasteiger partial charge in [-0.25, -0.2) is 14.8 Å². The van der Waals surface area contributed by atoms with Gasteiger partial charge in [0.25, 0.3) is 0 Å². The molecule has 0 aromatic carbocycles. The molecule has 76 valence electrons. The Hall–Kier alpha value is -1.91. The molecule has 5 nitrogen and oxygen atoms in total. The van der Waals surface area contributed by atoms with Gasteiger partial charge in [0.05, 0.1) is 0 Å². The molecule has 0 saturated carbocycles. The van der Waals surface area contributed by atoms with E-state index in [1.807, 2.05) is 19.9 Å². The van der Waals surface area contributed by atoms with Crippen LogP contribution >= 0.6 is 0 Å². The van der Waals surface area contributed by atoms with Gasteiger partial charge in [0.2, 0.25) is 5.84 Å². The van der Waals surface area contributed by atoms with Crippen LogP contribution in [0.1, 0.15) is 13.8 Å². The largest absolute Gasteiger partial charge is 0.475 e. The lowest BCUT2D eigenvalue weighted by atomic mass is 10.4. The van der Waals surface area contributed by atoms with E-state index in [1.165, 1.54) is 0 Å². The highest BCUT2D eigenvalue weighted by atomic mass is 16.4. The molecule has 0 aliphatic rings. The van der Waals surface area contributed by atoms with E-state index >= 15 is 0 Å². The number of amidine groups is 1. The molecule has 2 N–H and O–H groups in total. The highest BCUT2D eigenvalue weighted by molar-refractivity contribution is 6.35. The Morgan fingerprint density at radius 1 is 1.57 bits per heavy atom. The first-order valence-electron chi connectivity index (χ1n) is 3.88. The van der Waals surface area contributed by atoms with Gasteiger partial charge in [-0.05, 0) is 20.6 Å². The summed E-state index contributed by atoms with van der Waals surface area (Å²) in [7, 11) is 0. The summed E-state index contributed by atoms with van der Waals surface area (Å²) in [6.07, 6.45) is 1.81. The second-order valence-corrected chi connectivity index (χ2v) is 2.44. The zero-order valence-corrected chi connectivity index (χ0v) is 8.24. The van der Waals surface area contributed by atoms with Crippen LogP contribution in [0, 0.1) is 0 Å². The Labute approximate surface area is 82.6 Å². The van der Waals surface area contributed by atoms with Gasteiger partial charge in [0.1, 0.15) is 5.82 Å². The van der Waals surface area contributed by atoms with Gasteiger partial charge in [-0.15, -0.1) is 0 Å². The summed E-state index contributed by atoms with van der Waals surface area (Å²) in [5.41, 5.74) is 0.826. The Balaban J connectivity index is 4.56. The number of aliphatic imine (C=N–C) groups is 2. The average Bonchev–Trinajstić information content (AvgIpc) is 2.13. The Morgan fingerprint density at radius 2 is 2.14 bits per heavy atom. The van der Waals surface area contributed by atoms with Crippen LogP contribution in [-0.2, 0) is 4.79 Å². The van der Waals surface area contributed by atoms with Crippen LogP contribution < -0.4 is 5.32 Å². The smallest absolute Gasteiger partial charge is 0.373 e. The number of carbonyl (C=O) groups is 1. The molecule has 0 aliphatic carbocycles. The fourth-order valence-corrected chi connectivity index (χ4v) is 0.606. The number of nitrogens with one attached hydrogen (secondary N) is 1. The lowest BCUT2D eigenvalue weighted by Crippen LogP contribution is -2.14. The SMILES string of the molecule is C=N/C(=N\C(=C)N/C(C)=C/C)C(=O)O. The van der Waals surface area contributed by atoms with E-state index in [4.69, 9.17) is 5.11 Å². The zero-order chi connectivity index (χ0) is 11.1. The van der Waals surface area contributed by atoms with Crippen molar-refractivity contribution in [2.24, 2.45) is 9.98 Å². The summed E-state index contributed by atoms with van der Waals surface area (Å²) >= 11 is 0. The molecule has 0 saturated heterocycles. The van der Waals surface area contributed by atoms with Gasteiger partial charge < -0.3 is 10.4 Å². The molecule has 0 amide bonds. The summed E-state index contributed by atoms with van der Waals surface area (Å²) in [6.45, 7) is 10.3. The van der Waals surface area contributed by atoms with E-state index in [1.54, 1.807) is 0 Å². The third-order valence-corrected chi connectivity index (χ3v) is 1.36. The molecule has 0 heterocycles. The van der Waals surface area contributed by atoms with E-state index in [0.29, 0.717) is 0 Å². The standard InChI is InChI=1S/C9H13N3O2/c1-5-6(2)11-7(3)12-8(10-4)9(13)14/h5,11H,3-4H2,1-2H3,(H,13,14)/b6-5+,12-8-. The summed E-state index contributed by atoms with van der Waals surface area (Å²) in [4.78, 5) is 17.3. The lowest BCUT2D eigenvalue weighted by molar-refractivity contribution is -0.129. The molecule has 0 rings (SSSR count). The van der Waals surface area contributed by atoms with Crippen LogP contribution in [0.4, 0.5) is 0 Å². The van der Waals surface area contributed by atoms with Crippen molar-refractivity contribution in [2.45, 2.75) is 13.8 Å². The van der Waals surface area contributed by atoms with Crippen molar-refractivity contribution < 1.29 is 9.90 Å². The number of allylic oxidation sites excluding steroid dienone is 2. The molecule has 0 radical (unpaired) electrons. The monoisotopic (exact) mass is 195 g/mol. The highest BCUT2D eigenvalue weighted by Crippen LogP contribution is 1.95. The average molecular weight is 195 g/mol. The fraction of sp³-hybridized carbons (Fsp3) is 0.222. The maximum absolute atomic E-state index is 10.5. The molecule has 14 heavy (non-hydrogen) atoms. The second-order valence-electron chi connectivity index (χ2n) is 2.44. The number of hydrogen-bond donors (Lipinski definition) is 2. The minimum absolute atomic E-state index is 0.213. The van der Waals surface area contributed by atoms with Crippen molar-refractivity contribution >= 4 is 18.5 Å². The number of hydrogen-bond acceptors (Lipinski definition) is 3. The summed E-state index contributed by atoms with van der Waals surface area (Å²) in [5.74, 6) is -1.40. The maximum Gasteiger partial charge on any atom is 0.373 e. The van der Waals surface area contributed by atoms with Gasteiger partial charge in [-0.3, -0.25) is 0 Å². The van der Waals surface area contributed by atoms with Crippen LogP contribution in [0.3, 0.4) is 0 Å². The molecule has 0 spiro atoms. The lowest BCUT2D eigenvalue weighted by Gasteiger charge is -2.04. The molecular weight excluding hydrogens is 182 g/mol. The Kier molecular flexibility index (Phi) is 4.91. The van der Waals surface area contributed by atoms with Crippen molar-refractivity contribution in [3.05, 3.63) is 24.2 Å². The number of nitrogens with zero attached hydrogens (tertiary/aromatic N) is 2. The summed E-state index contributed by atoms with van der Waals surface area (Å²) in [6, 6.07) is 0. The molecule has 5 heteroatoms. The first kappa shape index (κ1) is 12.1. The third-order valence-electron chi connectivity index (χ3n) is 1.36. The van der Waals surface area contributed by atoms with Crippen molar-refractivity contribution in [2.75, 3.05) is 0 Å². The highest BCUT2D eigenvalue weighted by Gasteiger charge is 2.06. The Morgan fingerprint density at radius 3 is 2.50 bits per heavy atom. The quantitative estimate of drug-likeness (QED) is 0.524. The first-order chi connectivity index (χ1) is 6.51. The van der Waals surface area contributed by atoms with E-state index in [0.717, 1.165) is 5.70 Å². The molecule has 0 atom stereocenters. The first-order valence-corrected chi connectivity index (χ1v) is 3.88. The molecule has 0 aromatic heterocycles. The minimum Gasteiger partial charge on any atom is -0.475 e. The molecule has 0 aliphatic heterocycles. The molecular formula is C9H13N3O2. The van der Waals surface area contributed by atoms with Crippen molar-refractivity contribution in [3.8, 4) is 0 Å². The minimum atomic E-state index is -1.24. The van der Waals surface area contributed by atoms with E-state index < -0.39 is 5.97 Å². The maximum atomic E-state index is 10.5.